The number of H-pyrrole nitrogens is 1. The molecule has 3 aromatic rings. The number of rotatable bonds is 1. The molecule has 0 bridgehead atoms. The van der Waals surface area contributed by atoms with Crippen LogP contribution in [0.3, 0.4) is 0 Å². The lowest BCUT2D eigenvalue weighted by atomic mass is 10.0. The Morgan fingerprint density at radius 2 is 2.06 bits per heavy atom. The van der Waals surface area contributed by atoms with Gasteiger partial charge in [-0.1, -0.05) is 0 Å². The lowest BCUT2D eigenvalue weighted by Gasteiger charge is -2.08. The van der Waals surface area contributed by atoms with Gasteiger partial charge in [0.05, 0.1) is 17.4 Å². The largest absolute Gasteiger partial charge is 0.395 e. The van der Waals surface area contributed by atoms with Crippen molar-refractivity contribution in [2.45, 2.75) is 6.92 Å². The second-order valence-corrected chi connectivity index (χ2v) is 4.28. The Balaban J connectivity index is 2.28. The molecule has 0 fully saturated rings. The Labute approximate surface area is 104 Å². The van der Waals surface area contributed by atoms with E-state index < -0.39 is 0 Å². The molecular weight excluding hydrogens is 226 g/mol. The zero-order valence-electron chi connectivity index (χ0n) is 9.94. The summed E-state index contributed by atoms with van der Waals surface area (Å²) < 4.78 is 0. The Morgan fingerprint density at radius 1 is 1.22 bits per heavy atom. The number of hydrogen-bond donors (Lipinski definition) is 3. The van der Waals surface area contributed by atoms with Gasteiger partial charge in [-0.3, -0.25) is 5.10 Å². The van der Waals surface area contributed by atoms with E-state index in [2.05, 4.69) is 21.2 Å². The Morgan fingerprint density at radius 3 is 2.89 bits per heavy atom. The van der Waals surface area contributed by atoms with Gasteiger partial charge in [-0.25, -0.2) is 4.98 Å². The third-order valence-electron chi connectivity index (χ3n) is 3.08. The molecule has 0 saturated heterocycles. The van der Waals surface area contributed by atoms with Crippen LogP contribution in [-0.4, -0.2) is 15.2 Å². The molecule has 5 nitrogen and oxygen atoms in total. The number of nitrogens with two attached hydrogens (primary N) is 2. The first kappa shape index (κ1) is 10.6. The molecule has 18 heavy (non-hydrogen) atoms. The highest BCUT2D eigenvalue weighted by Gasteiger charge is 2.09. The maximum atomic E-state index is 5.97. The number of aryl methyl sites for hydroxylation is 1. The smallest absolute Gasteiger partial charge is 0.147 e. The molecule has 3 rings (SSSR count). The number of aromatic amines is 1. The van der Waals surface area contributed by atoms with Crippen LogP contribution in [0.2, 0.25) is 0 Å². The fourth-order valence-corrected chi connectivity index (χ4v) is 2.13. The van der Waals surface area contributed by atoms with E-state index in [4.69, 9.17) is 11.5 Å². The monoisotopic (exact) mass is 239 g/mol. The maximum Gasteiger partial charge on any atom is 0.147 e. The van der Waals surface area contributed by atoms with Gasteiger partial charge in [0.25, 0.3) is 0 Å². The summed E-state index contributed by atoms with van der Waals surface area (Å²) >= 11 is 0. The molecule has 0 unspecified atom stereocenters. The third-order valence-corrected chi connectivity index (χ3v) is 3.08. The molecule has 2 aromatic heterocycles. The van der Waals surface area contributed by atoms with Gasteiger partial charge in [-0.15, -0.1) is 0 Å². The van der Waals surface area contributed by atoms with Crippen molar-refractivity contribution in [3.05, 3.63) is 36.2 Å². The summed E-state index contributed by atoms with van der Waals surface area (Å²) in [5.74, 6) is 0.359. The molecule has 1 aromatic carbocycles. The van der Waals surface area contributed by atoms with Crippen LogP contribution in [-0.2, 0) is 0 Å². The van der Waals surface area contributed by atoms with Crippen LogP contribution in [0.15, 0.2) is 30.6 Å². The van der Waals surface area contributed by atoms with E-state index in [0.717, 1.165) is 27.6 Å². The fourth-order valence-electron chi connectivity index (χ4n) is 2.13. The summed E-state index contributed by atoms with van der Waals surface area (Å²) in [6.45, 7) is 2.03. The van der Waals surface area contributed by atoms with Gasteiger partial charge in [0.2, 0.25) is 0 Å². The number of hydrogen-bond acceptors (Lipinski definition) is 4. The number of fused-ring (bicyclic) bond motifs is 1. The SMILES string of the molecule is Cc1cc(-c2ccnc(N)c2N)cc2cn[nH]c12. The van der Waals surface area contributed by atoms with Crippen molar-refractivity contribution in [2.75, 3.05) is 11.5 Å². The number of pyridine rings is 1. The van der Waals surface area contributed by atoms with Crippen LogP contribution >= 0.6 is 0 Å². The standard InChI is InChI=1S/C13H13N5/c1-7-4-8(5-9-6-17-18-12(7)9)10-2-3-16-13(15)11(10)14/h2-6H,14H2,1H3,(H2,15,16)(H,17,18). The summed E-state index contributed by atoms with van der Waals surface area (Å²) in [5, 5.41) is 8.07. The predicted molar refractivity (Wildman–Crippen MR) is 72.9 cm³/mol. The predicted octanol–water partition coefficient (Wildman–Crippen LogP) is 2.10. The molecule has 0 aliphatic carbocycles. The molecule has 90 valence electrons. The van der Waals surface area contributed by atoms with Crippen molar-refractivity contribution in [1.29, 1.82) is 0 Å². The molecule has 5 heteroatoms. The van der Waals surface area contributed by atoms with Crippen LogP contribution in [0.5, 0.6) is 0 Å². The minimum atomic E-state index is 0.359. The summed E-state index contributed by atoms with van der Waals surface area (Å²) in [6, 6.07) is 5.97. The van der Waals surface area contributed by atoms with Crippen LogP contribution in [0.4, 0.5) is 11.5 Å². The molecule has 0 aliphatic rings. The van der Waals surface area contributed by atoms with E-state index in [0.29, 0.717) is 11.5 Å². The van der Waals surface area contributed by atoms with Gasteiger partial charge >= 0.3 is 0 Å². The van der Waals surface area contributed by atoms with Crippen molar-refractivity contribution < 1.29 is 0 Å². The first-order valence-corrected chi connectivity index (χ1v) is 5.61. The molecule has 0 aliphatic heterocycles. The number of nitrogen functional groups attached to an aromatic ring is 2. The lowest BCUT2D eigenvalue weighted by Crippen LogP contribution is -1.99. The average molecular weight is 239 g/mol. The van der Waals surface area contributed by atoms with Crippen LogP contribution in [0.25, 0.3) is 22.0 Å². The number of nitrogens with one attached hydrogen (secondary N) is 1. The zero-order valence-corrected chi connectivity index (χ0v) is 9.94. The van der Waals surface area contributed by atoms with Gasteiger partial charge < -0.3 is 11.5 Å². The Hall–Kier alpha value is -2.56. The number of nitrogens with zero attached hydrogens (tertiary/aromatic N) is 2. The van der Waals surface area contributed by atoms with Crippen molar-refractivity contribution >= 4 is 22.4 Å². The highest BCUT2D eigenvalue weighted by molar-refractivity contribution is 5.90. The zero-order chi connectivity index (χ0) is 12.7. The number of anilines is 2. The molecule has 0 radical (unpaired) electrons. The van der Waals surface area contributed by atoms with E-state index >= 15 is 0 Å². The minimum absolute atomic E-state index is 0.359. The molecule has 5 N–H and O–H groups in total. The summed E-state index contributed by atoms with van der Waals surface area (Å²) in [5.41, 5.74) is 16.3. The quantitative estimate of drug-likeness (QED) is 0.606. The molecule has 0 atom stereocenters. The van der Waals surface area contributed by atoms with E-state index in [9.17, 15) is 0 Å². The lowest BCUT2D eigenvalue weighted by molar-refractivity contribution is 1.11. The second kappa shape index (κ2) is 3.73. The fraction of sp³-hybridized carbons (Fsp3) is 0.0769. The van der Waals surface area contributed by atoms with Crippen molar-refractivity contribution in [3.8, 4) is 11.1 Å². The van der Waals surface area contributed by atoms with Gasteiger partial charge in [0.1, 0.15) is 5.82 Å². The molecule has 0 amide bonds. The highest BCUT2D eigenvalue weighted by Crippen LogP contribution is 2.31. The number of benzene rings is 1. The summed E-state index contributed by atoms with van der Waals surface area (Å²) in [7, 11) is 0. The molecular formula is C13H13N5. The Kier molecular flexibility index (Phi) is 2.19. The van der Waals surface area contributed by atoms with E-state index in [1.165, 1.54) is 0 Å². The normalized spacial score (nSPS) is 10.9. The third kappa shape index (κ3) is 1.48. The molecule has 0 spiro atoms. The summed E-state index contributed by atoms with van der Waals surface area (Å²) in [4.78, 5) is 3.97. The van der Waals surface area contributed by atoms with Crippen molar-refractivity contribution in [3.63, 3.8) is 0 Å². The topological polar surface area (TPSA) is 93.6 Å². The van der Waals surface area contributed by atoms with E-state index in [1.807, 2.05) is 19.1 Å². The first-order valence-electron chi connectivity index (χ1n) is 5.61. The second-order valence-electron chi connectivity index (χ2n) is 4.28. The van der Waals surface area contributed by atoms with Gasteiger partial charge in [-0.2, -0.15) is 5.10 Å². The van der Waals surface area contributed by atoms with E-state index in [1.54, 1.807) is 12.4 Å². The van der Waals surface area contributed by atoms with Crippen molar-refractivity contribution in [2.24, 2.45) is 0 Å². The van der Waals surface area contributed by atoms with Gasteiger partial charge in [-0.05, 0) is 36.2 Å². The number of aromatic nitrogens is 3. The van der Waals surface area contributed by atoms with Crippen molar-refractivity contribution in [1.82, 2.24) is 15.2 Å². The van der Waals surface area contributed by atoms with Gasteiger partial charge in [0.15, 0.2) is 0 Å². The molecule has 2 heterocycles. The average Bonchev–Trinajstić information content (AvgIpc) is 2.81. The van der Waals surface area contributed by atoms with Gasteiger partial charge in [0, 0.05) is 17.1 Å². The summed E-state index contributed by atoms with van der Waals surface area (Å²) in [6.07, 6.45) is 3.46. The van der Waals surface area contributed by atoms with Crippen LogP contribution in [0, 0.1) is 6.92 Å². The highest BCUT2D eigenvalue weighted by atomic mass is 15.1. The van der Waals surface area contributed by atoms with Crippen LogP contribution < -0.4 is 11.5 Å². The Bertz CT molecular complexity index is 729. The maximum absolute atomic E-state index is 5.97. The van der Waals surface area contributed by atoms with E-state index in [-0.39, 0.29) is 0 Å². The van der Waals surface area contributed by atoms with Crippen LogP contribution in [0.1, 0.15) is 5.56 Å². The molecule has 0 saturated carbocycles. The first-order chi connectivity index (χ1) is 8.66. The minimum Gasteiger partial charge on any atom is -0.395 e.